The zero-order valence-corrected chi connectivity index (χ0v) is 20.4. The molecule has 0 aliphatic carbocycles. The van der Waals surface area contributed by atoms with Crippen molar-refractivity contribution >= 4 is 34.5 Å². The summed E-state index contributed by atoms with van der Waals surface area (Å²) in [7, 11) is 0. The molecule has 0 fully saturated rings. The number of halogens is 1. The number of anilines is 2. The zero-order chi connectivity index (χ0) is 25.4. The molecule has 0 aliphatic heterocycles. The van der Waals surface area contributed by atoms with Gasteiger partial charge in [-0.15, -0.1) is 0 Å². The number of nitrogen functional groups attached to an aromatic ring is 1. The number of imide groups is 1. The number of carbonyl (C=O) groups is 2. The molecule has 0 atom stereocenters. The van der Waals surface area contributed by atoms with E-state index in [0.29, 0.717) is 27.7 Å². The van der Waals surface area contributed by atoms with Gasteiger partial charge in [0.05, 0.1) is 11.9 Å². The van der Waals surface area contributed by atoms with E-state index >= 15 is 4.39 Å². The van der Waals surface area contributed by atoms with Crippen molar-refractivity contribution in [3.8, 4) is 11.1 Å². The molecular formula is C25H29FN4O4. The standard InChI is InChI=1S/C25H29FN4O4/c1-14-18(17-8-15-10-21(27)29-11-16(15)9-19(17)26)12-28-13-20(14)30(22(31)33-24(2,3)4)23(32)34-25(5,6)7/h8-13H,1-7H3,(H2,27,29). The summed E-state index contributed by atoms with van der Waals surface area (Å²) in [5, 5.41) is 1.27. The Balaban J connectivity index is 2.16. The van der Waals surface area contributed by atoms with Crippen molar-refractivity contribution in [2.24, 2.45) is 0 Å². The van der Waals surface area contributed by atoms with E-state index in [1.54, 1.807) is 60.6 Å². The maximum Gasteiger partial charge on any atom is 0.424 e. The van der Waals surface area contributed by atoms with Gasteiger partial charge in [0.15, 0.2) is 0 Å². The van der Waals surface area contributed by atoms with Gasteiger partial charge in [-0.05, 0) is 77.6 Å². The molecule has 34 heavy (non-hydrogen) atoms. The molecular weight excluding hydrogens is 439 g/mol. The number of hydrogen-bond donors (Lipinski definition) is 1. The van der Waals surface area contributed by atoms with Gasteiger partial charge in [-0.25, -0.2) is 19.0 Å². The Morgan fingerprint density at radius 3 is 2.03 bits per heavy atom. The zero-order valence-electron chi connectivity index (χ0n) is 20.4. The lowest BCUT2D eigenvalue weighted by atomic mass is 9.98. The van der Waals surface area contributed by atoms with E-state index in [1.165, 1.54) is 24.7 Å². The predicted molar refractivity (Wildman–Crippen MR) is 129 cm³/mol. The second-order valence-corrected chi connectivity index (χ2v) is 9.92. The molecule has 8 nitrogen and oxygen atoms in total. The third kappa shape index (κ3) is 5.59. The minimum absolute atomic E-state index is 0.120. The highest BCUT2D eigenvalue weighted by Gasteiger charge is 2.34. The average Bonchev–Trinajstić information content (AvgIpc) is 2.67. The number of pyridine rings is 2. The van der Waals surface area contributed by atoms with E-state index in [1.807, 2.05) is 0 Å². The average molecular weight is 469 g/mol. The smallest absolute Gasteiger partial charge is 0.424 e. The normalized spacial score (nSPS) is 11.9. The van der Waals surface area contributed by atoms with Crippen LogP contribution in [-0.4, -0.2) is 33.4 Å². The number of carbonyl (C=O) groups excluding carboxylic acids is 2. The van der Waals surface area contributed by atoms with Crippen LogP contribution in [0.5, 0.6) is 0 Å². The Kier molecular flexibility index (Phi) is 6.50. The molecule has 0 radical (unpaired) electrons. The molecule has 0 spiro atoms. The number of fused-ring (bicyclic) bond motifs is 1. The van der Waals surface area contributed by atoms with E-state index in [0.717, 1.165) is 4.90 Å². The Bertz CT molecular complexity index is 1230. The van der Waals surface area contributed by atoms with Crippen molar-refractivity contribution in [2.75, 3.05) is 10.6 Å². The lowest BCUT2D eigenvalue weighted by Crippen LogP contribution is -2.44. The Morgan fingerprint density at radius 1 is 0.882 bits per heavy atom. The largest absolute Gasteiger partial charge is 0.443 e. The van der Waals surface area contributed by atoms with Gasteiger partial charge >= 0.3 is 12.2 Å². The van der Waals surface area contributed by atoms with Crippen LogP contribution in [0.2, 0.25) is 0 Å². The van der Waals surface area contributed by atoms with Gasteiger partial charge < -0.3 is 15.2 Å². The molecule has 180 valence electrons. The van der Waals surface area contributed by atoms with Crippen molar-refractivity contribution in [3.05, 3.63) is 48.2 Å². The van der Waals surface area contributed by atoms with Crippen molar-refractivity contribution in [1.29, 1.82) is 0 Å². The summed E-state index contributed by atoms with van der Waals surface area (Å²) in [6, 6.07) is 4.61. The number of nitrogens with two attached hydrogens (primary N) is 1. The van der Waals surface area contributed by atoms with Gasteiger partial charge in [-0.3, -0.25) is 4.98 Å². The van der Waals surface area contributed by atoms with E-state index in [9.17, 15) is 9.59 Å². The topological polar surface area (TPSA) is 108 Å². The highest BCUT2D eigenvalue weighted by molar-refractivity contribution is 6.10. The molecule has 2 heterocycles. The van der Waals surface area contributed by atoms with Crippen LogP contribution in [0.3, 0.4) is 0 Å². The summed E-state index contributed by atoms with van der Waals surface area (Å²) < 4.78 is 26.0. The molecule has 9 heteroatoms. The van der Waals surface area contributed by atoms with Crippen LogP contribution < -0.4 is 10.6 Å². The summed E-state index contributed by atoms with van der Waals surface area (Å²) >= 11 is 0. The molecule has 2 amide bonds. The van der Waals surface area contributed by atoms with Gasteiger partial charge in [0.1, 0.15) is 22.8 Å². The summed E-state index contributed by atoms with van der Waals surface area (Å²) in [6.07, 6.45) is 2.44. The molecule has 0 unspecified atom stereocenters. The molecule has 0 saturated carbocycles. The molecule has 3 rings (SSSR count). The monoisotopic (exact) mass is 468 g/mol. The number of nitrogens with zero attached hydrogens (tertiary/aromatic N) is 3. The van der Waals surface area contributed by atoms with Crippen LogP contribution in [0, 0.1) is 12.7 Å². The van der Waals surface area contributed by atoms with E-state index in [2.05, 4.69) is 9.97 Å². The first-order chi connectivity index (χ1) is 15.7. The quantitative estimate of drug-likeness (QED) is 0.491. The first-order valence-electron chi connectivity index (χ1n) is 10.7. The lowest BCUT2D eigenvalue weighted by molar-refractivity contribution is 0.0430. The van der Waals surface area contributed by atoms with Gasteiger partial charge in [0, 0.05) is 28.9 Å². The molecule has 0 saturated heterocycles. The fraction of sp³-hybridized carbons (Fsp3) is 0.360. The van der Waals surface area contributed by atoms with Crippen molar-refractivity contribution in [3.63, 3.8) is 0 Å². The minimum Gasteiger partial charge on any atom is -0.443 e. The van der Waals surface area contributed by atoms with Gasteiger partial charge in [-0.1, -0.05) is 0 Å². The second kappa shape index (κ2) is 8.89. The molecule has 1 aromatic carbocycles. The van der Waals surface area contributed by atoms with Gasteiger partial charge in [0.25, 0.3) is 0 Å². The summed E-state index contributed by atoms with van der Waals surface area (Å²) in [5.74, 6) is -0.211. The predicted octanol–water partition coefficient (Wildman–Crippen LogP) is 6.00. The third-order valence-electron chi connectivity index (χ3n) is 4.70. The third-order valence-corrected chi connectivity index (χ3v) is 4.70. The lowest BCUT2D eigenvalue weighted by Gasteiger charge is -2.29. The molecule has 3 aromatic rings. The van der Waals surface area contributed by atoms with Crippen molar-refractivity contribution < 1.29 is 23.5 Å². The van der Waals surface area contributed by atoms with Crippen LogP contribution in [0.1, 0.15) is 47.1 Å². The number of rotatable bonds is 2. The van der Waals surface area contributed by atoms with Crippen LogP contribution >= 0.6 is 0 Å². The summed E-state index contributed by atoms with van der Waals surface area (Å²) in [5.41, 5.74) is 5.24. The molecule has 2 aromatic heterocycles. The summed E-state index contributed by atoms with van der Waals surface area (Å²) in [6.45, 7) is 11.8. The maximum absolute atomic E-state index is 15.1. The number of hydrogen-bond acceptors (Lipinski definition) is 7. The van der Waals surface area contributed by atoms with E-state index in [4.69, 9.17) is 15.2 Å². The minimum atomic E-state index is -0.929. The molecule has 0 bridgehead atoms. The Hall–Kier alpha value is -3.75. The first-order valence-corrected chi connectivity index (χ1v) is 10.7. The second-order valence-electron chi connectivity index (χ2n) is 9.92. The highest BCUT2D eigenvalue weighted by Crippen LogP contribution is 2.35. The maximum atomic E-state index is 15.1. The highest BCUT2D eigenvalue weighted by atomic mass is 19.1. The van der Waals surface area contributed by atoms with Gasteiger partial charge in [-0.2, -0.15) is 4.90 Å². The van der Waals surface area contributed by atoms with Gasteiger partial charge in [0.2, 0.25) is 0 Å². The summed E-state index contributed by atoms with van der Waals surface area (Å²) in [4.78, 5) is 35.0. The molecule has 2 N–H and O–H groups in total. The van der Waals surface area contributed by atoms with Crippen LogP contribution in [0.4, 0.5) is 25.5 Å². The Morgan fingerprint density at radius 2 is 1.47 bits per heavy atom. The number of ether oxygens (including phenoxy) is 2. The first kappa shape index (κ1) is 24.9. The number of benzene rings is 1. The van der Waals surface area contributed by atoms with E-state index in [-0.39, 0.29) is 11.3 Å². The SMILES string of the molecule is Cc1c(-c2cc3cc(N)ncc3cc2F)cncc1N(C(=O)OC(C)(C)C)C(=O)OC(C)(C)C. The Labute approximate surface area is 197 Å². The van der Waals surface area contributed by atoms with Crippen LogP contribution in [0.25, 0.3) is 21.9 Å². The fourth-order valence-corrected chi connectivity index (χ4v) is 3.29. The van der Waals surface area contributed by atoms with Crippen molar-refractivity contribution in [1.82, 2.24) is 9.97 Å². The number of aromatic nitrogens is 2. The van der Waals surface area contributed by atoms with Crippen LogP contribution in [-0.2, 0) is 9.47 Å². The number of amides is 2. The van der Waals surface area contributed by atoms with Crippen LogP contribution in [0.15, 0.2) is 36.8 Å². The van der Waals surface area contributed by atoms with E-state index < -0.39 is 29.2 Å². The fourth-order valence-electron chi connectivity index (χ4n) is 3.29. The van der Waals surface area contributed by atoms with Crippen molar-refractivity contribution in [2.45, 2.75) is 59.7 Å². The molecule has 0 aliphatic rings.